The molecule has 0 heterocycles. The molecule has 0 aliphatic heterocycles. The lowest BCUT2D eigenvalue weighted by atomic mass is 10.1. The molecule has 0 aliphatic rings. The quantitative estimate of drug-likeness (QED) is 0.0693. The van der Waals surface area contributed by atoms with E-state index in [2.05, 4.69) is 13.8 Å². The van der Waals surface area contributed by atoms with Crippen molar-refractivity contribution in [2.45, 2.75) is 154 Å². The number of hydrogen-bond acceptors (Lipinski definition) is 6. The highest BCUT2D eigenvalue weighted by molar-refractivity contribution is 7.87. The van der Waals surface area contributed by atoms with E-state index in [9.17, 15) is 22.6 Å². The van der Waals surface area contributed by atoms with Crippen molar-refractivity contribution >= 4 is 22.1 Å². The second-order valence-electron chi connectivity index (χ2n) is 9.96. The second kappa shape index (κ2) is 24.2. The molecule has 1 N–H and O–H groups in total. The number of rotatable bonds is 26. The van der Waals surface area contributed by atoms with Crippen molar-refractivity contribution in [2.24, 2.45) is 0 Å². The lowest BCUT2D eigenvalue weighted by Crippen LogP contribution is -2.34. The summed E-state index contributed by atoms with van der Waals surface area (Å²) in [6.07, 6.45) is 22.1. The molecular weight excluding hydrogens is 480 g/mol. The number of unbranched alkanes of at least 4 members (excludes halogenated alkanes) is 18. The largest absolute Gasteiger partial charge is 0.466 e. The Balaban J connectivity index is 3.92. The van der Waals surface area contributed by atoms with Gasteiger partial charge in [-0.05, 0) is 12.8 Å². The summed E-state index contributed by atoms with van der Waals surface area (Å²) in [5.41, 5.74) is 0. The predicted molar refractivity (Wildman–Crippen MR) is 146 cm³/mol. The molecule has 0 rings (SSSR count). The van der Waals surface area contributed by atoms with E-state index in [4.69, 9.17) is 9.47 Å². The molecule has 0 bridgehead atoms. The summed E-state index contributed by atoms with van der Waals surface area (Å²) in [5, 5.41) is -1.93. The Morgan fingerprint density at radius 2 is 0.917 bits per heavy atom. The summed E-state index contributed by atoms with van der Waals surface area (Å²) in [5.74, 6) is -1.91. The second-order valence-corrected chi connectivity index (χ2v) is 11.6. The van der Waals surface area contributed by atoms with E-state index in [1.165, 1.54) is 77.0 Å². The van der Waals surface area contributed by atoms with Crippen molar-refractivity contribution in [3.8, 4) is 0 Å². The van der Waals surface area contributed by atoms with Crippen LogP contribution in [0.4, 0.5) is 0 Å². The van der Waals surface area contributed by atoms with Crippen LogP contribution in [0, 0.1) is 0 Å². The topological polar surface area (TPSA) is 107 Å². The first kappa shape index (κ1) is 34.9. The minimum Gasteiger partial charge on any atom is -0.466 e. The van der Waals surface area contributed by atoms with Gasteiger partial charge in [-0.2, -0.15) is 8.42 Å². The van der Waals surface area contributed by atoms with E-state index < -0.39 is 33.7 Å². The van der Waals surface area contributed by atoms with Gasteiger partial charge in [0.05, 0.1) is 19.6 Å². The fraction of sp³-hybridized carbons (Fsp3) is 0.929. The van der Waals surface area contributed by atoms with Gasteiger partial charge in [0.1, 0.15) is 0 Å². The molecule has 1 unspecified atom stereocenters. The minimum absolute atomic E-state index is 0.0784. The zero-order valence-electron chi connectivity index (χ0n) is 23.1. The molecule has 1 atom stereocenters. The van der Waals surface area contributed by atoms with Gasteiger partial charge in [-0.25, -0.2) is 0 Å². The minimum atomic E-state index is -4.75. The van der Waals surface area contributed by atoms with Gasteiger partial charge in [-0.15, -0.1) is 0 Å². The Bertz CT molecular complexity index is 634. The number of hydrogen-bond donors (Lipinski definition) is 1. The molecule has 0 aliphatic carbocycles. The van der Waals surface area contributed by atoms with Crippen LogP contribution in [-0.2, 0) is 29.2 Å². The third-order valence-electron chi connectivity index (χ3n) is 6.48. The summed E-state index contributed by atoms with van der Waals surface area (Å²) in [6.45, 7) is 4.67. The van der Waals surface area contributed by atoms with Crippen LogP contribution in [0.25, 0.3) is 0 Å². The smallest absolute Gasteiger partial charge is 0.327 e. The zero-order chi connectivity index (χ0) is 26.9. The third-order valence-corrected chi connectivity index (χ3v) is 7.56. The molecule has 214 valence electrons. The van der Waals surface area contributed by atoms with Crippen molar-refractivity contribution in [1.82, 2.24) is 0 Å². The number of carbonyl (C=O) groups excluding carboxylic acids is 2. The highest BCUT2D eigenvalue weighted by Gasteiger charge is 2.35. The van der Waals surface area contributed by atoms with Gasteiger partial charge in [0.25, 0.3) is 10.1 Å². The van der Waals surface area contributed by atoms with Gasteiger partial charge in [0.15, 0.2) is 5.25 Å². The molecule has 0 saturated heterocycles. The molecule has 0 spiro atoms. The van der Waals surface area contributed by atoms with Gasteiger partial charge in [-0.3, -0.25) is 14.1 Å². The fourth-order valence-electron chi connectivity index (χ4n) is 4.15. The summed E-state index contributed by atoms with van der Waals surface area (Å²) < 4.78 is 42.7. The van der Waals surface area contributed by atoms with E-state index in [1.54, 1.807) is 0 Å². The Morgan fingerprint density at radius 1 is 0.583 bits per heavy atom. The van der Waals surface area contributed by atoms with Gasteiger partial charge in [-0.1, -0.05) is 129 Å². The average Bonchev–Trinajstić information content (AvgIpc) is 2.83. The Kier molecular flexibility index (Phi) is 23.4. The predicted octanol–water partition coefficient (Wildman–Crippen LogP) is 7.56. The lowest BCUT2D eigenvalue weighted by Gasteiger charge is -2.13. The molecule has 0 amide bonds. The van der Waals surface area contributed by atoms with E-state index in [-0.39, 0.29) is 13.2 Å². The van der Waals surface area contributed by atoms with E-state index in [0.717, 1.165) is 38.5 Å². The summed E-state index contributed by atoms with van der Waals surface area (Å²) >= 11 is 0. The van der Waals surface area contributed by atoms with Crippen LogP contribution in [0.1, 0.15) is 149 Å². The normalized spacial score (nSPS) is 12.4. The lowest BCUT2D eigenvalue weighted by molar-refractivity contribution is -0.150. The summed E-state index contributed by atoms with van der Waals surface area (Å²) in [7, 11) is -4.75. The van der Waals surface area contributed by atoms with Crippen LogP contribution >= 0.6 is 0 Å². The van der Waals surface area contributed by atoms with Gasteiger partial charge < -0.3 is 9.47 Å². The Morgan fingerprint density at radius 3 is 1.28 bits per heavy atom. The first-order valence-corrected chi connectivity index (χ1v) is 16.1. The Hall–Kier alpha value is -1.15. The number of carbonyl (C=O) groups is 2. The molecule has 0 aromatic carbocycles. The van der Waals surface area contributed by atoms with Crippen molar-refractivity contribution in [2.75, 3.05) is 13.2 Å². The monoisotopic (exact) mass is 534 g/mol. The van der Waals surface area contributed by atoms with Gasteiger partial charge in [0, 0.05) is 0 Å². The van der Waals surface area contributed by atoms with Crippen LogP contribution in [-0.4, -0.2) is 43.4 Å². The molecule has 0 aromatic heterocycles. The van der Waals surface area contributed by atoms with Gasteiger partial charge in [0.2, 0.25) is 0 Å². The van der Waals surface area contributed by atoms with Crippen molar-refractivity contribution in [3.63, 3.8) is 0 Å². The molecule has 7 nitrogen and oxygen atoms in total. The van der Waals surface area contributed by atoms with Crippen molar-refractivity contribution < 1.29 is 32.0 Å². The summed E-state index contributed by atoms with van der Waals surface area (Å²) in [6, 6.07) is 0. The van der Waals surface area contributed by atoms with Gasteiger partial charge >= 0.3 is 11.9 Å². The highest BCUT2D eigenvalue weighted by atomic mass is 32.2. The first-order valence-electron chi connectivity index (χ1n) is 14.6. The van der Waals surface area contributed by atoms with Crippen molar-refractivity contribution in [3.05, 3.63) is 0 Å². The molecule has 0 radical (unpaired) electrons. The fourth-order valence-corrected chi connectivity index (χ4v) is 4.81. The van der Waals surface area contributed by atoms with E-state index in [0.29, 0.717) is 12.8 Å². The third kappa shape index (κ3) is 22.1. The molecule has 8 heteroatoms. The number of esters is 2. The average molecular weight is 535 g/mol. The van der Waals surface area contributed by atoms with E-state index >= 15 is 0 Å². The zero-order valence-corrected chi connectivity index (χ0v) is 24.0. The van der Waals surface area contributed by atoms with Crippen molar-refractivity contribution in [1.29, 1.82) is 0 Å². The Labute approximate surface area is 221 Å². The maximum atomic E-state index is 12.2. The number of ether oxygens (including phenoxy) is 2. The maximum Gasteiger partial charge on any atom is 0.327 e. The van der Waals surface area contributed by atoms with Crippen LogP contribution in [0.3, 0.4) is 0 Å². The molecule has 0 aromatic rings. The molecule has 0 saturated carbocycles. The summed E-state index contributed by atoms with van der Waals surface area (Å²) in [4.78, 5) is 24.2. The maximum absolute atomic E-state index is 12.2. The first-order chi connectivity index (χ1) is 17.3. The SMILES string of the molecule is CCCCCCCCCCCCOC(=O)CC(C(=O)OCCCCCCCCCCCC)S(=O)(=O)O. The molecular formula is C28H54O7S. The highest BCUT2D eigenvalue weighted by Crippen LogP contribution is 2.13. The van der Waals surface area contributed by atoms with Crippen LogP contribution in [0.15, 0.2) is 0 Å². The van der Waals surface area contributed by atoms with E-state index in [1.807, 2.05) is 0 Å². The van der Waals surface area contributed by atoms with Crippen LogP contribution in [0.5, 0.6) is 0 Å². The standard InChI is InChI=1S/C28H54O7S/c1-3-5-7-9-11-13-15-17-19-21-23-34-27(29)25-26(36(31,32)33)28(30)35-24-22-20-18-16-14-12-10-8-6-4-2/h26H,3-25H2,1-2H3,(H,31,32,33). The molecule has 36 heavy (non-hydrogen) atoms. The molecule has 0 fully saturated rings. The van der Waals surface area contributed by atoms with Crippen LogP contribution in [0.2, 0.25) is 0 Å². The van der Waals surface area contributed by atoms with Crippen LogP contribution < -0.4 is 0 Å².